The van der Waals surface area contributed by atoms with Gasteiger partial charge in [0.05, 0.1) is 5.69 Å². The molecule has 0 saturated carbocycles. The van der Waals surface area contributed by atoms with Gasteiger partial charge in [-0.15, -0.1) is 0 Å². The molecule has 7 nitrogen and oxygen atoms in total. The first-order valence-corrected chi connectivity index (χ1v) is 8.79. The predicted octanol–water partition coefficient (Wildman–Crippen LogP) is 2.36. The first-order chi connectivity index (χ1) is 12.5. The van der Waals surface area contributed by atoms with E-state index >= 15 is 0 Å². The number of esters is 1. The summed E-state index contributed by atoms with van der Waals surface area (Å²) >= 11 is 1.34. The maximum absolute atomic E-state index is 12.8. The molecule has 3 aromatic rings. The van der Waals surface area contributed by atoms with Crippen molar-refractivity contribution in [3.8, 4) is 5.75 Å². The second-order valence-electron chi connectivity index (χ2n) is 5.43. The van der Waals surface area contributed by atoms with Crippen molar-refractivity contribution in [2.45, 2.75) is 26.4 Å². The fourth-order valence-electron chi connectivity index (χ4n) is 2.15. The number of halogens is 1. The fourth-order valence-corrected chi connectivity index (χ4v) is 3.17. The molecule has 0 N–H and O–H groups in total. The van der Waals surface area contributed by atoms with E-state index in [0.717, 1.165) is 17.8 Å². The Bertz CT molecular complexity index is 968. The zero-order valence-electron chi connectivity index (χ0n) is 14.0. The lowest BCUT2D eigenvalue weighted by molar-refractivity contribution is -0.147. The van der Waals surface area contributed by atoms with Crippen LogP contribution in [0.5, 0.6) is 5.75 Å². The van der Waals surface area contributed by atoms with E-state index in [1.165, 1.54) is 46.2 Å². The quantitative estimate of drug-likeness (QED) is 0.588. The van der Waals surface area contributed by atoms with Crippen LogP contribution in [0.4, 0.5) is 4.39 Å². The average molecular weight is 377 g/mol. The fraction of sp³-hybridized carbons (Fsp3) is 0.294. The highest BCUT2D eigenvalue weighted by Crippen LogP contribution is 2.14. The van der Waals surface area contributed by atoms with E-state index in [4.69, 9.17) is 9.47 Å². The number of ether oxygens (including phenoxy) is 2. The molecule has 9 heteroatoms. The Morgan fingerprint density at radius 3 is 2.81 bits per heavy atom. The molecule has 2 heterocycles. The van der Waals surface area contributed by atoms with Gasteiger partial charge in [0, 0.05) is 12.5 Å². The van der Waals surface area contributed by atoms with Gasteiger partial charge in [-0.2, -0.15) is 9.61 Å². The number of hydrogen-bond donors (Lipinski definition) is 0. The minimum absolute atomic E-state index is 0.141. The van der Waals surface area contributed by atoms with Crippen LogP contribution in [0.2, 0.25) is 0 Å². The summed E-state index contributed by atoms with van der Waals surface area (Å²) in [5.74, 6) is -0.653. The summed E-state index contributed by atoms with van der Waals surface area (Å²) in [5, 5.41) is 5.05. The van der Waals surface area contributed by atoms with Crippen molar-refractivity contribution in [2.75, 3.05) is 6.61 Å². The van der Waals surface area contributed by atoms with Crippen LogP contribution in [-0.2, 0) is 22.6 Å². The van der Waals surface area contributed by atoms with E-state index < -0.39 is 11.8 Å². The number of carbonyl (C=O) groups is 1. The summed E-state index contributed by atoms with van der Waals surface area (Å²) in [6, 6.07) is 6.58. The zero-order valence-corrected chi connectivity index (χ0v) is 14.8. The van der Waals surface area contributed by atoms with E-state index in [2.05, 4.69) is 10.1 Å². The molecule has 3 rings (SSSR count). The molecule has 0 aliphatic carbocycles. The lowest BCUT2D eigenvalue weighted by Crippen LogP contribution is -2.18. The number of carbonyl (C=O) groups excluding carboxylic acids is 1. The number of aryl methyl sites for hydroxylation is 1. The van der Waals surface area contributed by atoms with Crippen LogP contribution in [-0.4, -0.2) is 27.2 Å². The highest BCUT2D eigenvalue weighted by molar-refractivity contribution is 7.16. The molecular weight excluding hydrogens is 361 g/mol. The molecule has 136 valence electrons. The van der Waals surface area contributed by atoms with Crippen LogP contribution in [0, 0.1) is 5.82 Å². The van der Waals surface area contributed by atoms with Gasteiger partial charge in [0.15, 0.2) is 6.61 Å². The molecule has 0 saturated heterocycles. The predicted molar refractivity (Wildman–Crippen MR) is 92.8 cm³/mol. The first-order valence-electron chi connectivity index (χ1n) is 7.98. The molecule has 0 unspecified atom stereocenters. The van der Waals surface area contributed by atoms with Gasteiger partial charge in [0.1, 0.15) is 23.2 Å². The second kappa shape index (κ2) is 8.05. The summed E-state index contributed by atoms with van der Waals surface area (Å²) < 4.78 is 24.3. The Labute approximate surface area is 152 Å². The molecule has 0 bridgehead atoms. The molecule has 0 aliphatic heterocycles. The maximum atomic E-state index is 12.8. The van der Waals surface area contributed by atoms with Crippen LogP contribution >= 0.6 is 11.3 Å². The summed E-state index contributed by atoms with van der Waals surface area (Å²) in [4.78, 5) is 28.6. The normalized spacial score (nSPS) is 10.8. The summed E-state index contributed by atoms with van der Waals surface area (Å²) in [6.45, 7) is 1.56. The molecular formula is C17H16FN3O4S. The topological polar surface area (TPSA) is 82.8 Å². The summed E-state index contributed by atoms with van der Waals surface area (Å²) in [6.07, 6.45) is 1.70. The van der Waals surface area contributed by atoms with Crippen molar-refractivity contribution in [3.05, 3.63) is 57.2 Å². The Kier molecular flexibility index (Phi) is 5.57. The second-order valence-corrected chi connectivity index (χ2v) is 6.47. The van der Waals surface area contributed by atoms with Crippen molar-refractivity contribution >= 4 is 22.3 Å². The summed E-state index contributed by atoms with van der Waals surface area (Å²) in [5.41, 5.74) is 0.0269. The number of fused-ring (bicyclic) bond motifs is 1. The number of benzene rings is 1. The van der Waals surface area contributed by atoms with Gasteiger partial charge >= 0.3 is 5.97 Å². The Morgan fingerprint density at radius 2 is 2.08 bits per heavy atom. The molecule has 0 aliphatic rings. The minimum Gasteiger partial charge on any atom is -0.482 e. The molecule has 0 amide bonds. The molecule has 0 radical (unpaired) electrons. The highest BCUT2D eigenvalue weighted by Gasteiger charge is 2.11. The molecule has 0 atom stereocenters. The van der Waals surface area contributed by atoms with Gasteiger partial charge in [0.2, 0.25) is 4.96 Å². The largest absolute Gasteiger partial charge is 0.482 e. The molecule has 0 fully saturated rings. The van der Waals surface area contributed by atoms with Crippen molar-refractivity contribution in [1.82, 2.24) is 14.6 Å². The number of hydrogen-bond acceptors (Lipinski definition) is 7. The lowest BCUT2D eigenvalue weighted by Gasteiger charge is -2.06. The number of aromatic nitrogens is 3. The van der Waals surface area contributed by atoms with Crippen LogP contribution in [0.1, 0.15) is 24.0 Å². The monoisotopic (exact) mass is 377 g/mol. The zero-order chi connectivity index (χ0) is 18.5. The number of nitrogens with zero attached hydrogens (tertiary/aromatic N) is 3. The van der Waals surface area contributed by atoms with Crippen molar-refractivity contribution in [3.63, 3.8) is 0 Å². The van der Waals surface area contributed by atoms with Crippen molar-refractivity contribution in [1.29, 1.82) is 0 Å². The third-order valence-electron chi connectivity index (χ3n) is 3.36. The van der Waals surface area contributed by atoms with E-state index in [1.54, 1.807) is 0 Å². The Balaban J connectivity index is 1.59. The van der Waals surface area contributed by atoms with E-state index in [9.17, 15) is 14.0 Å². The van der Waals surface area contributed by atoms with E-state index in [1.807, 2.05) is 6.92 Å². The molecule has 0 spiro atoms. The van der Waals surface area contributed by atoms with Gasteiger partial charge in [-0.3, -0.25) is 4.79 Å². The van der Waals surface area contributed by atoms with Crippen LogP contribution in [0.15, 0.2) is 35.1 Å². The van der Waals surface area contributed by atoms with Crippen LogP contribution in [0.25, 0.3) is 4.96 Å². The van der Waals surface area contributed by atoms with Gasteiger partial charge in [-0.25, -0.2) is 14.2 Å². The third kappa shape index (κ3) is 4.42. The highest BCUT2D eigenvalue weighted by atomic mass is 32.1. The minimum atomic E-state index is -0.618. The van der Waals surface area contributed by atoms with Crippen molar-refractivity contribution in [2.24, 2.45) is 0 Å². The van der Waals surface area contributed by atoms with Gasteiger partial charge < -0.3 is 9.47 Å². The maximum Gasteiger partial charge on any atom is 0.344 e. The average Bonchev–Trinajstić information content (AvgIpc) is 3.03. The van der Waals surface area contributed by atoms with Crippen molar-refractivity contribution < 1.29 is 18.7 Å². The Hall–Kier alpha value is -2.81. The molecule has 1 aromatic carbocycles. The van der Waals surface area contributed by atoms with Gasteiger partial charge in [-0.05, 0) is 30.7 Å². The smallest absolute Gasteiger partial charge is 0.344 e. The van der Waals surface area contributed by atoms with Gasteiger partial charge in [0.25, 0.3) is 5.56 Å². The standard InChI is InChI=1S/C17H16FN3O4S/c1-2-3-14-20-21-15(22)8-12(19-17(21)26-14)9-25-16(23)10-24-13-6-4-11(18)5-7-13/h4-8H,2-3,9-10H2,1H3. The van der Waals surface area contributed by atoms with E-state index in [-0.39, 0.29) is 18.8 Å². The van der Waals surface area contributed by atoms with Gasteiger partial charge in [-0.1, -0.05) is 18.3 Å². The lowest BCUT2D eigenvalue weighted by atomic mass is 10.3. The Morgan fingerprint density at radius 1 is 1.31 bits per heavy atom. The molecule has 2 aromatic heterocycles. The van der Waals surface area contributed by atoms with Crippen LogP contribution < -0.4 is 10.3 Å². The van der Waals surface area contributed by atoms with E-state index in [0.29, 0.717) is 16.4 Å². The first kappa shape index (κ1) is 18.0. The van der Waals surface area contributed by atoms with Crippen LogP contribution in [0.3, 0.4) is 0 Å². The summed E-state index contributed by atoms with van der Waals surface area (Å²) in [7, 11) is 0. The third-order valence-corrected chi connectivity index (χ3v) is 4.32. The number of rotatable bonds is 7. The SMILES string of the molecule is CCCc1nn2c(=O)cc(COC(=O)COc3ccc(F)cc3)nc2s1. The molecule has 26 heavy (non-hydrogen) atoms.